The number of pyridine rings is 1. The second-order valence-electron chi connectivity index (χ2n) is 8.75. The van der Waals surface area contributed by atoms with Gasteiger partial charge in [-0.2, -0.15) is 18.4 Å². The van der Waals surface area contributed by atoms with Crippen LogP contribution in [0.4, 0.5) is 24.7 Å². The molecule has 200 valence electrons. The average Bonchev–Trinajstić information content (AvgIpc) is 2.87. The summed E-state index contributed by atoms with van der Waals surface area (Å²) in [6.45, 7) is 4.39. The highest BCUT2D eigenvalue weighted by atomic mass is 19.4. The number of nitrogens with zero attached hydrogens (tertiary/aromatic N) is 5. The molecular weight excluding hydrogens is 497 g/mol. The third kappa shape index (κ3) is 6.56. The molecule has 1 N–H and O–H groups in total. The number of fused-ring (bicyclic) bond motifs is 1. The monoisotopic (exact) mass is 526 g/mol. The molecule has 11 heteroatoms. The number of benzene rings is 1. The van der Waals surface area contributed by atoms with E-state index in [2.05, 4.69) is 31.2 Å². The number of carbonyl (C=O) groups excluding carboxylic acids is 1. The van der Waals surface area contributed by atoms with Crippen LogP contribution in [0, 0.1) is 18.3 Å². The summed E-state index contributed by atoms with van der Waals surface area (Å²) in [4.78, 5) is 25.8. The summed E-state index contributed by atoms with van der Waals surface area (Å²) in [6.07, 6.45) is -1.03. The van der Waals surface area contributed by atoms with E-state index in [1.165, 1.54) is 25.5 Å². The second-order valence-corrected chi connectivity index (χ2v) is 8.75. The van der Waals surface area contributed by atoms with Crippen LogP contribution >= 0.6 is 0 Å². The number of halogens is 3. The summed E-state index contributed by atoms with van der Waals surface area (Å²) in [5.41, 5.74) is 3.56. The lowest BCUT2D eigenvalue weighted by Crippen LogP contribution is -2.32. The maximum atomic E-state index is 13.0. The zero-order valence-corrected chi connectivity index (χ0v) is 20.3. The number of hydrogen-bond acceptors (Lipinski definition) is 8. The highest BCUT2D eigenvalue weighted by molar-refractivity contribution is 5.66. The number of aromatic nitrogens is 3. The Balaban J connectivity index is 0.00000400. The van der Waals surface area contributed by atoms with Crippen LogP contribution in [0.25, 0.3) is 0 Å². The van der Waals surface area contributed by atoms with E-state index in [4.69, 9.17) is 4.74 Å². The van der Waals surface area contributed by atoms with Crippen LogP contribution < -0.4 is 10.2 Å². The fourth-order valence-electron chi connectivity index (χ4n) is 4.27. The molecule has 0 radical (unpaired) electrons. The third-order valence-electron chi connectivity index (χ3n) is 6.12. The molecule has 38 heavy (non-hydrogen) atoms. The number of nitrogens with one attached hydrogen (secondary N) is 1. The highest BCUT2D eigenvalue weighted by Crippen LogP contribution is 2.33. The normalized spacial score (nSPS) is 13.5. The van der Waals surface area contributed by atoms with Gasteiger partial charge in [-0.3, -0.25) is 9.78 Å². The maximum Gasteiger partial charge on any atom is 0.433 e. The molecule has 0 saturated carbocycles. The quantitative estimate of drug-likeness (QED) is 0.410. The SMILES string of the molecule is C.CC(=O)OCC[C@@H](Nc1ncnc2c1CN(c1ccc(C)cc1C#N)CC2)c1ccc(C(F)(F)F)nc1. The third-order valence-corrected chi connectivity index (χ3v) is 6.12. The van der Waals surface area contributed by atoms with Gasteiger partial charge in [-0.1, -0.05) is 19.6 Å². The largest absolute Gasteiger partial charge is 0.466 e. The van der Waals surface area contributed by atoms with Crippen molar-refractivity contribution in [2.75, 3.05) is 23.4 Å². The van der Waals surface area contributed by atoms with Gasteiger partial charge in [0.15, 0.2) is 0 Å². The van der Waals surface area contributed by atoms with Crippen LogP contribution in [0.2, 0.25) is 0 Å². The van der Waals surface area contributed by atoms with E-state index in [0.717, 1.165) is 28.6 Å². The molecule has 1 atom stereocenters. The Morgan fingerprint density at radius 3 is 2.68 bits per heavy atom. The predicted octanol–water partition coefficient (Wildman–Crippen LogP) is 5.38. The molecule has 2 aromatic heterocycles. The lowest BCUT2D eigenvalue weighted by atomic mass is 10.0. The predicted molar refractivity (Wildman–Crippen MR) is 136 cm³/mol. The highest BCUT2D eigenvalue weighted by Gasteiger charge is 2.32. The van der Waals surface area contributed by atoms with Gasteiger partial charge in [0.2, 0.25) is 0 Å². The van der Waals surface area contributed by atoms with Crippen molar-refractivity contribution < 1.29 is 22.7 Å². The summed E-state index contributed by atoms with van der Waals surface area (Å²) in [6, 6.07) is 9.72. The van der Waals surface area contributed by atoms with Gasteiger partial charge in [0.25, 0.3) is 0 Å². The van der Waals surface area contributed by atoms with Crippen LogP contribution in [0.3, 0.4) is 0 Å². The Bertz CT molecular complexity index is 1320. The van der Waals surface area contributed by atoms with Crippen LogP contribution in [0.1, 0.15) is 60.5 Å². The lowest BCUT2D eigenvalue weighted by molar-refractivity contribution is -0.142. The molecule has 1 aliphatic rings. The Kier molecular flexibility index (Phi) is 8.88. The topological polar surface area (TPSA) is 104 Å². The number of rotatable bonds is 7. The smallest absolute Gasteiger partial charge is 0.433 e. The number of carbonyl (C=O) groups is 1. The Labute approximate surface area is 219 Å². The van der Waals surface area contributed by atoms with Crippen LogP contribution in [0.5, 0.6) is 0 Å². The first-order chi connectivity index (χ1) is 17.7. The van der Waals surface area contributed by atoms with Crippen LogP contribution in [-0.2, 0) is 28.7 Å². The van der Waals surface area contributed by atoms with Crippen molar-refractivity contribution in [3.8, 4) is 6.07 Å². The molecule has 3 aromatic rings. The average molecular weight is 527 g/mol. The Morgan fingerprint density at radius 1 is 1.24 bits per heavy atom. The molecule has 0 aliphatic carbocycles. The van der Waals surface area contributed by atoms with E-state index in [9.17, 15) is 23.2 Å². The minimum Gasteiger partial charge on any atom is -0.466 e. The molecule has 3 heterocycles. The van der Waals surface area contributed by atoms with Crippen molar-refractivity contribution in [3.05, 3.63) is 76.5 Å². The molecule has 4 rings (SSSR count). The summed E-state index contributed by atoms with van der Waals surface area (Å²) in [5.74, 6) is 0.0683. The molecule has 0 unspecified atom stereocenters. The number of esters is 1. The molecule has 1 aromatic carbocycles. The lowest BCUT2D eigenvalue weighted by Gasteiger charge is -2.32. The minimum absolute atomic E-state index is 0. The molecule has 0 amide bonds. The molecule has 0 fully saturated rings. The Hall–Kier alpha value is -4.20. The first kappa shape index (κ1) is 28.4. The van der Waals surface area contributed by atoms with E-state index in [0.29, 0.717) is 36.5 Å². The van der Waals surface area contributed by atoms with E-state index in [-0.39, 0.29) is 20.5 Å². The maximum absolute atomic E-state index is 13.0. The summed E-state index contributed by atoms with van der Waals surface area (Å²) >= 11 is 0. The first-order valence-corrected chi connectivity index (χ1v) is 11.7. The van der Waals surface area contributed by atoms with Crippen molar-refractivity contribution in [2.45, 2.75) is 52.9 Å². The fraction of sp³-hybridized carbons (Fsp3) is 0.370. The number of nitriles is 1. The van der Waals surface area contributed by atoms with E-state index in [1.54, 1.807) is 0 Å². The van der Waals surface area contributed by atoms with Gasteiger partial charge in [-0.05, 0) is 36.2 Å². The summed E-state index contributed by atoms with van der Waals surface area (Å²) in [7, 11) is 0. The molecular formula is C27H29F3N6O2. The number of alkyl halides is 3. The second kappa shape index (κ2) is 11.9. The van der Waals surface area contributed by atoms with Gasteiger partial charge in [-0.15, -0.1) is 0 Å². The number of ether oxygens (including phenoxy) is 1. The summed E-state index contributed by atoms with van der Waals surface area (Å²) in [5, 5.41) is 12.9. The fourth-order valence-corrected chi connectivity index (χ4v) is 4.27. The van der Waals surface area contributed by atoms with Gasteiger partial charge in [-0.25, -0.2) is 9.97 Å². The minimum atomic E-state index is -4.55. The van der Waals surface area contributed by atoms with Crippen LogP contribution in [-0.4, -0.2) is 34.1 Å². The van der Waals surface area contributed by atoms with E-state index >= 15 is 0 Å². The number of hydrogen-bond donors (Lipinski definition) is 1. The number of aryl methyl sites for hydroxylation is 1. The number of anilines is 2. The van der Waals surface area contributed by atoms with Gasteiger partial charge in [0.05, 0.1) is 29.6 Å². The van der Waals surface area contributed by atoms with Gasteiger partial charge >= 0.3 is 12.1 Å². The van der Waals surface area contributed by atoms with Gasteiger partial charge in [0, 0.05) is 44.6 Å². The van der Waals surface area contributed by atoms with Crippen molar-refractivity contribution in [3.63, 3.8) is 0 Å². The summed E-state index contributed by atoms with van der Waals surface area (Å²) < 4.78 is 44.2. The van der Waals surface area contributed by atoms with Crippen molar-refractivity contribution >= 4 is 17.5 Å². The van der Waals surface area contributed by atoms with E-state index < -0.39 is 23.9 Å². The van der Waals surface area contributed by atoms with Gasteiger partial charge in [0.1, 0.15) is 23.9 Å². The molecule has 0 spiro atoms. The zero-order chi connectivity index (χ0) is 26.6. The molecule has 0 saturated heterocycles. The van der Waals surface area contributed by atoms with Crippen molar-refractivity contribution in [1.82, 2.24) is 15.0 Å². The Morgan fingerprint density at radius 2 is 2.03 bits per heavy atom. The molecule has 8 nitrogen and oxygen atoms in total. The molecule has 1 aliphatic heterocycles. The van der Waals surface area contributed by atoms with Crippen molar-refractivity contribution in [1.29, 1.82) is 5.26 Å². The van der Waals surface area contributed by atoms with Crippen molar-refractivity contribution in [2.24, 2.45) is 0 Å². The standard InChI is InChI=1S/C26H25F3N6O2.CH4/c1-16-3-5-23(19(11-16)12-30)35-9-7-22-20(14-35)25(33-15-32-22)34-21(8-10-37-17(2)36)18-4-6-24(31-13-18)26(27,28)29;/h3-6,11,13,15,21H,7-10,14H2,1-2H3,(H,32,33,34);1H4/t21-;/m1./s1. The van der Waals surface area contributed by atoms with Gasteiger partial charge < -0.3 is 15.0 Å². The van der Waals surface area contributed by atoms with E-state index in [1.807, 2.05) is 25.1 Å². The molecule has 0 bridgehead atoms. The first-order valence-electron chi connectivity index (χ1n) is 11.7. The van der Waals surface area contributed by atoms with Crippen LogP contribution in [0.15, 0.2) is 42.9 Å². The zero-order valence-electron chi connectivity index (χ0n) is 20.3.